The van der Waals surface area contributed by atoms with Crippen LogP contribution in [-0.2, 0) is 0 Å². The molecule has 0 amide bonds. The molecular weight excluding hydrogens is 228 g/mol. The van der Waals surface area contributed by atoms with E-state index in [1.807, 2.05) is 0 Å². The Kier molecular flexibility index (Phi) is 2.74. The van der Waals surface area contributed by atoms with E-state index in [1.54, 1.807) is 12.1 Å². The van der Waals surface area contributed by atoms with Crippen molar-refractivity contribution in [1.82, 2.24) is 4.98 Å². The van der Waals surface area contributed by atoms with Crippen molar-refractivity contribution in [3.63, 3.8) is 0 Å². The zero-order valence-electron chi connectivity index (χ0n) is 7.99. The number of carbonyl (C=O) groups excluding carboxylic acids is 1. The van der Waals surface area contributed by atoms with Crippen molar-refractivity contribution in [3.8, 4) is 10.4 Å². The van der Waals surface area contributed by atoms with Gasteiger partial charge in [-0.3, -0.25) is 14.9 Å². The van der Waals surface area contributed by atoms with Gasteiger partial charge in [-0.25, -0.2) is 4.98 Å². The average Bonchev–Trinajstić information content (AvgIpc) is 2.77. The van der Waals surface area contributed by atoms with E-state index in [0.29, 0.717) is 16.9 Å². The van der Waals surface area contributed by atoms with Crippen LogP contribution in [0.3, 0.4) is 0 Å². The molecule has 0 aliphatic carbocycles. The summed E-state index contributed by atoms with van der Waals surface area (Å²) in [4.78, 5) is 25.2. The number of nitrogens with zero attached hydrogens (tertiary/aromatic N) is 2. The lowest BCUT2D eigenvalue weighted by atomic mass is 10.2. The molecule has 0 atom stereocenters. The summed E-state index contributed by atoms with van der Waals surface area (Å²) < 4.78 is 0. The molecule has 0 N–H and O–H groups in total. The monoisotopic (exact) mass is 234 g/mol. The highest BCUT2D eigenvalue weighted by molar-refractivity contribution is 7.16. The minimum absolute atomic E-state index is 0.0264. The van der Waals surface area contributed by atoms with Crippen LogP contribution in [0.5, 0.6) is 0 Å². The van der Waals surface area contributed by atoms with E-state index < -0.39 is 4.92 Å². The fourth-order valence-corrected chi connectivity index (χ4v) is 1.98. The van der Waals surface area contributed by atoms with Gasteiger partial charge in [0.2, 0.25) is 0 Å². The summed E-state index contributed by atoms with van der Waals surface area (Å²) >= 11 is 1.20. The number of non-ortho nitro benzene ring substituents is 1. The summed E-state index contributed by atoms with van der Waals surface area (Å²) in [6.45, 7) is 0. The number of thiazole rings is 1. The molecule has 0 bridgehead atoms. The standard InChI is InChI=1S/C10H6N2O3S/c13-6-10-11-5-9(16-10)7-2-1-3-8(4-7)12(14)15/h1-6H. The lowest BCUT2D eigenvalue weighted by Crippen LogP contribution is -1.87. The van der Waals surface area contributed by atoms with E-state index in [4.69, 9.17) is 0 Å². The van der Waals surface area contributed by atoms with Gasteiger partial charge in [-0.05, 0) is 0 Å². The molecule has 0 saturated carbocycles. The molecule has 1 aromatic heterocycles. The zero-order valence-corrected chi connectivity index (χ0v) is 8.81. The molecule has 80 valence electrons. The number of nitro groups is 1. The highest BCUT2D eigenvalue weighted by atomic mass is 32.1. The van der Waals surface area contributed by atoms with E-state index in [1.165, 1.54) is 29.7 Å². The first-order valence-electron chi connectivity index (χ1n) is 4.36. The fourth-order valence-electron chi connectivity index (χ4n) is 1.25. The first-order chi connectivity index (χ1) is 7.70. The van der Waals surface area contributed by atoms with Crippen molar-refractivity contribution in [3.05, 3.63) is 45.6 Å². The molecule has 16 heavy (non-hydrogen) atoms. The molecule has 2 rings (SSSR count). The number of aromatic nitrogens is 1. The molecular formula is C10H6N2O3S. The third-order valence-corrected chi connectivity index (χ3v) is 2.94. The van der Waals surface area contributed by atoms with Gasteiger partial charge in [-0.2, -0.15) is 0 Å². The van der Waals surface area contributed by atoms with Crippen LogP contribution in [0.4, 0.5) is 5.69 Å². The van der Waals surface area contributed by atoms with Crippen molar-refractivity contribution >= 4 is 23.3 Å². The second-order valence-corrected chi connectivity index (χ2v) is 4.05. The van der Waals surface area contributed by atoms with E-state index in [0.717, 1.165) is 4.88 Å². The second-order valence-electron chi connectivity index (χ2n) is 2.99. The van der Waals surface area contributed by atoms with Gasteiger partial charge < -0.3 is 0 Å². The molecule has 0 saturated heterocycles. The van der Waals surface area contributed by atoms with Crippen LogP contribution in [0.2, 0.25) is 0 Å². The molecule has 1 aromatic carbocycles. The number of aldehydes is 1. The predicted octanol–water partition coefficient (Wildman–Crippen LogP) is 2.53. The van der Waals surface area contributed by atoms with Gasteiger partial charge in [-0.15, -0.1) is 11.3 Å². The quantitative estimate of drug-likeness (QED) is 0.464. The van der Waals surface area contributed by atoms with E-state index in [-0.39, 0.29) is 5.69 Å². The number of benzene rings is 1. The third kappa shape index (κ3) is 1.96. The van der Waals surface area contributed by atoms with Crippen LogP contribution in [0.25, 0.3) is 10.4 Å². The number of rotatable bonds is 3. The van der Waals surface area contributed by atoms with Crippen LogP contribution in [-0.4, -0.2) is 16.2 Å². The third-order valence-electron chi connectivity index (χ3n) is 1.97. The van der Waals surface area contributed by atoms with Gasteiger partial charge in [0.1, 0.15) is 0 Å². The summed E-state index contributed by atoms with van der Waals surface area (Å²) in [6.07, 6.45) is 2.19. The highest BCUT2D eigenvalue weighted by Gasteiger charge is 2.09. The van der Waals surface area contributed by atoms with Gasteiger partial charge >= 0.3 is 0 Å². The molecule has 0 aliphatic rings. The molecule has 0 spiro atoms. The van der Waals surface area contributed by atoms with E-state index >= 15 is 0 Å². The van der Waals surface area contributed by atoms with Gasteiger partial charge in [0, 0.05) is 23.9 Å². The molecule has 1 heterocycles. The maximum Gasteiger partial charge on any atom is 0.270 e. The van der Waals surface area contributed by atoms with Crippen molar-refractivity contribution in [2.75, 3.05) is 0 Å². The Hall–Kier alpha value is -2.08. The van der Waals surface area contributed by atoms with Crippen molar-refractivity contribution in [1.29, 1.82) is 0 Å². The minimum atomic E-state index is -0.453. The maximum absolute atomic E-state index is 10.6. The lowest BCUT2D eigenvalue weighted by molar-refractivity contribution is -0.384. The predicted molar refractivity (Wildman–Crippen MR) is 59.6 cm³/mol. The zero-order chi connectivity index (χ0) is 11.5. The molecule has 0 radical (unpaired) electrons. The van der Waals surface area contributed by atoms with Gasteiger partial charge in [-0.1, -0.05) is 12.1 Å². The van der Waals surface area contributed by atoms with Crippen molar-refractivity contribution in [2.24, 2.45) is 0 Å². The van der Waals surface area contributed by atoms with Crippen LogP contribution in [0, 0.1) is 10.1 Å². The van der Waals surface area contributed by atoms with E-state index in [9.17, 15) is 14.9 Å². The normalized spacial score (nSPS) is 10.0. The number of hydrogen-bond acceptors (Lipinski definition) is 5. The van der Waals surface area contributed by atoms with Crippen molar-refractivity contribution < 1.29 is 9.72 Å². The maximum atomic E-state index is 10.6. The van der Waals surface area contributed by atoms with Crippen LogP contribution < -0.4 is 0 Å². The first-order valence-corrected chi connectivity index (χ1v) is 5.18. The minimum Gasteiger partial charge on any atom is -0.295 e. The first kappa shape index (κ1) is 10.4. The molecule has 0 unspecified atom stereocenters. The Morgan fingerprint density at radius 2 is 2.25 bits per heavy atom. The number of nitro benzene ring substituents is 1. The number of hydrogen-bond donors (Lipinski definition) is 0. The SMILES string of the molecule is O=Cc1ncc(-c2cccc([N+](=O)[O-])c2)s1. The van der Waals surface area contributed by atoms with Gasteiger partial charge in [0.15, 0.2) is 11.3 Å². The molecule has 0 aliphatic heterocycles. The topological polar surface area (TPSA) is 73.1 Å². The highest BCUT2D eigenvalue weighted by Crippen LogP contribution is 2.27. The summed E-state index contributed by atoms with van der Waals surface area (Å²) in [6, 6.07) is 6.23. The molecule has 2 aromatic rings. The molecule has 6 heteroatoms. The Balaban J connectivity index is 2.43. The Labute approximate surface area is 94.5 Å². The Morgan fingerprint density at radius 3 is 2.88 bits per heavy atom. The second kappa shape index (κ2) is 4.19. The van der Waals surface area contributed by atoms with Gasteiger partial charge in [0.05, 0.1) is 9.80 Å². The van der Waals surface area contributed by atoms with E-state index in [2.05, 4.69) is 4.98 Å². The summed E-state index contributed by atoms with van der Waals surface area (Å²) in [5.74, 6) is 0. The van der Waals surface area contributed by atoms with Crippen molar-refractivity contribution in [2.45, 2.75) is 0 Å². The summed E-state index contributed by atoms with van der Waals surface area (Å²) in [5, 5.41) is 10.9. The van der Waals surface area contributed by atoms with Crippen LogP contribution in [0.15, 0.2) is 30.5 Å². The molecule has 5 nitrogen and oxygen atoms in total. The summed E-state index contributed by atoms with van der Waals surface area (Å²) in [7, 11) is 0. The largest absolute Gasteiger partial charge is 0.295 e. The molecule has 0 fully saturated rings. The lowest BCUT2D eigenvalue weighted by Gasteiger charge is -1.95. The van der Waals surface area contributed by atoms with Crippen LogP contribution in [0.1, 0.15) is 9.80 Å². The Morgan fingerprint density at radius 1 is 1.44 bits per heavy atom. The van der Waals surface area contributed by atoms with Crippen LogP contribution >= 0.6 is 11.3 Å². The number of carbonyl (C=O) groups is 1. The Bertz CT molecular complexity index is 551. The summed E-state index contributed by atoms with van der Waals surface area (Å²) in [5.41, 5.74) is 0.721. The average molecular weight is 234 g/mol. The fraction of sp³-hybridized carbons (Fsp3) is 0. The smallest absolute Gasteiger partial charge is 0.270 e. The van der Waals surface area contributed by atoms with Gasteiger partial charge in [0.25, 0.3) is 5.69 Å².